The molecule has 0 aliphatic carbocycles. The van der Waals surface area contributed by atoms with Gasteiger partial charge in [0.25, 0.3) is 0 Å². The summed E-state index contributed by atoms with van der Waals surface area (Å²) in [6, 6.07) is 1.38. The van der Waals surface area contributed by atoms with Crippen molar-refractivity contribution in [2.24, 2.45) is 11.7 Å². The monoisotopic (exact) mass is 263 g/mol. The minimum atomic E-state index is -0.259. The number of ether oxygens (including phenoxy) is 1. The summed E-state index contributed by atoms with van der Waals surface area (Å²) >= 11 is 0. The van der Waals surface area contributed by atoms with E-state index in [0.29, 0.717) is 29.2 Å². The Labute approximate surface area is 111 Å². The number of nitrogens with zero attached hydrogens (tertiary/aromatic N) is 4. The van der Waals surface area contributed by atoms with E-state index in [9.17, 15) is 0 Å². The summed E-state index contributed by atoms with van der Waals surface area (Å²) in [5.41, 5.74) is 6.53. The van der Waals surface area contributed by atoms with E-state index in [1.165, 1.54) is 13.4 Å². The molecule has 19 heavy (non-hydrogen) atoms. The van der Waals surface area contributed by atoms with Crippen LogP contribution < -0.4 is 10.5 Å². The van der Waals surface area contributed by atoms with Crippen LogP contribution in [0.1, 0.15) is 32.2 Å². The molecule has 0 bridgehead atoms. The molecule has 0 aromatic carbocycles. The number of aromatic nitrogens is 4. The Morgan fingerprint density at radius 1 is 1.37 bits per heavy atom. The Kier molecular flexibility index (Phi) is 4.06. The molecule has 0 aliphatic rings. The van der Waals surface area contributed by atoms with E-state index < -0.39 is 0 Å². The molecule has 1 unspecified atom stereocenters. The summed E-state index contributed by atoms with van der Waals surface area (Å²) in [5.74, 6) is 1.71. The molecule has 0 spiro atoms. The maximum Gasteiger partial charge on any atom is 0.243 e. The van der Waals surface area contributed by atoms with Gasteiger partial charge in [0.05, 0.1) is 13.2 Å². The van der Waals surface area contributed by atoms with Gasteiger partial charge in [-0.3, -0.25) is 0 Å². The van der Waals surface area contributed by atoms with Gasteiger partial charge < -0.3 is 15.0 Å². The predicted octanol–water partition coefficient (Wildman–Crippen LogP) is 1.58. The third-order valence-electron chi connectivity index (χ3n) is 2.56. The zero-order chi connectivity index (χ0) is 13.8. The van der Waals surface area contributed by atoms with Gasteiger partial charge in [0.1, 0.15) is 12.0 Å². The molecular weight excluding hydrogens is 246 g/mol. The van der Waals surface area contributed by atoms with Crippen LogP contribution in [0.3, 0.4) is 0 Å². The third kappa shape index (κ3) is 3.25. The fourth-order valence-corrected chi connectivity index (χ4v) is 1.67. The van der Waals surface area contributed by atoms with E-state index in [4.69, 9.17) is 15.0 Å². The van der Waals surface area contributed by atoms with Crippen molar-refractivity contribution in [2.75, 3.05) is 7.11 Å². The van der Waals surface area contributed by atoms with Gasteiger partial charge in [-0.25, -0.2) is 9.97 Å². The maximum absolute atomic E-state index is 5.99. The van der Waals surface area contributed by atoms with Crippen molar-refractivity contribution in [3.05, 3.63) is 18.3 Å². The lowest BCUT2D eigenvalue weighted by atomic mass is 10.0. The fourth-order valence-electron chi connectivity index (χ4n) is 1.67. The van der Waals surface area contributed by atoms with Gasteiger partial charge in [0.15, 0.2) is 0 Å². The van der Waals surface area contributed by atoms with Crippen molar-refractivity contribution >= 4 is 0 Å². The molecule has 0 saturated heterocycles. The highest BCUT2D eigenvalue weighted by Gasteiger charge is 2.17. The lowest BCUT2D eigenvalue weighted by Gasteiger charge is -2.08. The Morgan fingerprint density at radius 2 is 2.16 bits per heavy atom. The summed E-state index contributed by atoms with van der Waals surface area (Å²) < 4.78 is 10.2. The summed E-state index contributed by atoms with van der Waals surface area (Å²) in [4.78, 5) is 12.3. The van der Waals surface area contributed by atoms with Gasteiger partial charge in [-0.15, -0.1) is 0 Å². The first-order valence-electron chi connectivity index (χ1n) is 6.05. The second-order valence-corrected chi connectivity index (χ2v) is 4.64. The Morgan fingerprint density at radius 3 is 2.84 bits per heavy atom. The van der Waals surface area contributed by atoms with Crippen LogP contribution in [0.2, 0.25) is 0 Å². The average Bonchev–Trinajstić information content (AvgIpc) is 2.88. The molecule has 2 N–H and O–H groups in total. The van der Waals surface area contributed by atoms with Crippen LogP contribution in [-0.4, -0.2) is 27.2 Å². The first-order chi connectivity index (χ1) is 9.10. The smallest absolute Gasteiger partial charge is 0.243 e. The summed E-state index contributed by atoms with van der Waals surface area (Å²) in [6.45, 7) is 4.18. The zero-order valence-electron chi connectivity index (χ0n) is 11.2. The second kappa shape index (κ2) is 5.75. The van der Waals surface area contributed by atoms with E-state index in [1.807, 2.05) is 0 Å². The van der Waals surface area contributed by atoms with Crippen LogP contribution in [0.5, 0.6) is 5.88 Å². The van der Waals surface area contributed by atoms with Crippen LogP contribution in [0.25, 0.3) is 11.5 Å². The molecule has 7 nitrogen and oxygen atoms in total. The molecule has 1 atom stereocenters. The molecule has 2 heterocycles. The minimum absolute atomic E-state index is 0.259. The van der Waals surface area contributed by atoms with Crippen LogP contribution in [-0.2, 0) is 0 Å². The standard InChI is InChI=1S/C12H17N5O2/c1-7(2)4-8(13)12-16-11(17-19-12)9-5-10(18-3)15-6-14-9/h5-8H,4,13H2,1-3H3. The molecule has 0 aliphatic heterocycles. The Bertz CT molecular complexity index is 540. The molecule has 2 aromatic heterocycles. The second-order valence-electron chi connectivity index (χ2n) is 4.64. The van der Waals surface area contributed by atoms with Crippen LogP contribution in [0.15, 0.2) is 16.9 Å². The predicted molar refractivity (Wildman–Crippen MR) is 68.3 cm³/mol. The quantitative estimate of drug-likeness (QED) is 0.873. The van der Waals surface area contributed by atoms with Gasteiger partial charge in [-0.1, -0.05) is 19.0 Å². The lowest BCUT2D eigenvalue weighted by molar-refractivity contribution is 0.335. The molecule has 0 fully saturated rings. The van der Waals surface area contributed by atoms with Crippen LogP contribution >= 0.6 is 0 Å². The zero-order valence-corrected chi connectivity index (χ0v) is 11.2. The highest BCUT2D eigenvalue weighted by molar-refractivity contribution is 5.49. The van der Waals surface area contributed by atoms with Gasteiger partial charge in [0.2, 0.25) is 17.6 Å². The van der Waals surface area contributed by atoms with Gasteiger partial charge in [-0.05, 0) is 12.3 Å². The molecule has 0 amide bonds. The van der Waals surface area contributed by atoms with Crippen molar-refractivity contribution in [2.45, 2.75) is 26.3 Å². The number of hydrogen-bond acceptors (Lipinski definition) is 7. The maximum atomic E-state index is 5.99. The first-order valence-corrected chi connectivity index (χ1v) is 6.05. The SMILES string of the molecule is COc1cc(-c2noc(C(N)CC(C)C)n2)ncn1. The minimum Gasteiger partial charge on any atom is -0.481 e. The normalized spacial score (nSPS) is 12.7. The van der Waals surface area contributed by atoms with Crippen molar-refractivity contribution in [1.82, 2.24) is 20.1 Å². The number of nitrogens with two attached hydrogens (primary N) is 1. The highest BCUT2D eigenvalue weighted by atomic mass is 16.5. The topological polar surface area (TPSA) is 100.0 Å². The van der Waals surface area contributed by atoms with E-state index >= 15 is 0 Å². The summed E-state index contributed by atoms with van der Waals surface area (Å²) in [6.07, 6.45) is 2.17. The largest absolute Gasteiger partial charge is 0.481 e. The Hall–Kier alpha value is -2.02. The van der Waals surface area contributed by atoms with Crippen molar-refractivity contribution in [3.8, 4) is 17.4 Å². The number of methoxy groups -OCH3 is 1. The van der Waals surface area contributed by atoms with E-state index in [-0.39, 0.29) is 6.04 Å². The molecule has 2 rings (SSSR count). The summed E-state index contributed by atoms with van der Waals surface area (Å²) in [5, 5.41) is 3.88. The van der Waals surface area contributed by atoms with Crippen molar-refractivity contribution in [1.29, 1.82) is 0 Å². The first kappa shape index (κ1) is 13.4. The number of hydrogen-bond donors (Lipinski definition) is 1. The van der Waals surface area contributed by atoms with Gasteiger partial charge in [0, 0.05) is 6.07 Å². The van der Waals surface area contributed by atoms with Crippen LogP contribution in [0.4, 0.5) is 0 Å². The average molecular weight is 263 g/mol. The van der Waals surface area contributed by atoms with E-state index in [1.54, 1.807) is 6.07 Å². The van der Waals surface area contributed by atoms with Gasteiger partial charge in [-0.2, -0.15) is 4.98 Å². The molecule has 2 aromatic rings. The molecule has 102 valence electrons. The molecule has 0 radical (unpaired) electrons. The van der Waals surface area contributed by atoms with E-state index in [0.717, 1.165) is 6.42 Å². The van der Waals surface area contributed by atoms with Crippen molar-refractivity contribution in [3.63, 3.8) is 0 Å². The molecular formula is C12H17N5O2. The molecule has 0 saturated carbocycles. The van der Waals surface area contributed by atoms with Crippen LogP contribution in [0, 0.1) is 5.92 Å². The Balaban J connectivity index is 2.20. The third-order valence-corrected chi connectivity index (χ3v) is 2.56. The number of rotatable bonds is 5. The van der Waals surface area contributed by atoms with Gasteiger partial charge >= 0.3 is 0 Å². The fraction of sp³-hybridized carbons (Fsp3) is 0.500. The van der Waals surface area contributed by atoms with Crippen molar-refractivity contribution < 1.29 is 9.26 Å². The highest BCUT2D eigenvalue weighted by Crippen LogP contribution is 2.21. The lowest BCUT2D eigenvalue weighted by Crippen LogP contribution is -2.13. The summed E-state index contributed by atoms with van der Waals surface area (Å²) in [7, 11) is 1.53. The molecule has 7 heteroatoms. The van der Waals surface area contributed by atoms with E-state index in [2.05, 4.69) is 34.0 Å².